The Morgan fingerprint density at radius 1 is 1.24 bits per heavy atom. The number of rotatable bonds is 2. The van der Waals surface area contributed by atoms with Crippen molar-refractivity contribution in [1.29, 1.82) is 0 Å². The molecule has 1 fully saturated rings. The van der Waals surface area contributed by atoms with Crippen LogP contribution in [0.2, 0.25) is 0 Å². The number of nitrogens with two attached hydrogens (primary N) is 1. The van der Waals surface area contributed by atoms with Gasteiger partial charge in [0.1, 0.15) is 11.4 Å². The highest BCUT2D eigenvalue weighted by atomic mass is 16.6. The van der Waals surface area contributed by atoms with Crippen LogP contribution in [0.25, 0.3) is 0 Å². The summed E-state index contributed by atoms with van der Waals surface area (Å²) < 4.78 is 10.8. The van der Waals surface area contributed by atoms with E-state index in [0.29, 0.717) is 32.4 Å². The normalized spacial score (nSPS) is 26.0. The summed E-state index contributed by atoms with van der Waals surface area (Å²) in [6.07, 6.45) is 1.35. The van der Waals surface area contributed by atoms with E-state index in [-0.39, 0.29) is 6.09 Å². The number of fused-ring (bicyclic) bond motifs is 1. The first-order valence-corrected chi connectivity index (χ1v) is 10.1. The Labute approximate surface area is 172 Å². The molecule has 1 spiro atoms. The summed E-state index contributed by atoms with van der Waals surface area (Å²) in [5, 5.41) is 10.2. The van der Waals surface area contributed by atoms with Gasteiger partial charge >= 0.3 is 12.1 Å². The van der Waals surface area contributed by atoms with Gasteiger partial charge in [0.05, 0.1) is 12.5 Å². The second-order valence-electron chi connectivity index (χ2n) is 9.47. The molecule has 29 heavy (non-hydrogen) atoms. The maximum atomic E-state index is 12.5. The van der Waals surface area contributed by atoms with Crippen molar-refractivity contribution in [3.05, 3.63) is 29.3 Å². The maximum absolute atomic E-state index is 12.5. The number of carboxylic acids is 1. The molecule has 1 aliphatic heterocycles. The highest BCUT2D eigenvalue weighted by Gasteiger charge is 2.60. The first-order chi connectivity index (χ1) is 13.4. The molecule has 1 heterocycles. The molecule has 3 N–H and O–H groups in total. The number of aliphatic carboxylic acids is 1. The van der Waals surface area contributed by atoms with Crippen LogP contribution in [0.1, 0.15) is 57.7 Å². The predicted octanol–water partition coefficient (Wildman–Crippen LogP) is 3.36. The number of hydrogen-bond donors (Lipinski definition) is 2. The van der Waals surface area contributed by atoms with Crippen LogP contribution in [0.3, 0.4) is 0 Å². The summed E-state index contributed by atoms with van der Waals surface area (Å²) >= 11 is 0. The van der Waals surface area contributed by atoms with Gasteiger partial charge in [0, 0.05) is 19.1 Å². The lowest BCUT2D eigenvalue weighted by Crippen LogP contribution is -2.60. The number of amides is 1. The molecule has 160 valence electrons. The van der Waals surface area contributed by atoms with Gasteiger partial charge in [-0.05, 0) is 75.6 Å². The fraction of sp³-hybridized carbons (Fsp3) is 0.636. The number of ether oxygens (including phenoxy) is 2. The van der Waals surface area contributed by atoms with Crippen LogP contribution >= 0.6 is 0 Å². The van der Waals surface area contributed by atoms with Crippen LogP contribution in [-0.4, -0.2) is 47.9 Å². The molecular weight excluding hydrogens is 372 g/mol. The van der Waals surface area contributed by atoms with E-state index in [4.69, 9.17) is 15.2 Å². The summed E-state index contributed by atoms with van der Waals surface area (Å²) in [5.41, 5.74) is 6.22. The Morgan fingerprint density at radius 3 is 2.38 bits per heavy atom. The molecular formula is C22H32N2O5. The average Bonchev–Trinajstić information content (AvgIpc) is 2.64. The van der Waals surface area contributed by atoms with E-state index in [2.05, 4.69) is 0 Å². The highest BCUT2D eigenvalue weighted by molar-refractivity contribution is 5.78. The summed E-state index contributed by atoms with van der Waals surface area (Å²) in [6, 6.07) is 5.02. The number of nitrogens with zero attached hydrogens (tertiary/aromatic N) is 1. The van der Waals surface area contributed by atoms with Crippen LogP contribution in [0.5, 0.6) is 5.75 Å². The third-order valence-corrected chi connectivity index (χ3v) is 6.75. The van der Waals surface area contributed by atoms with Crippen molar-refractivity contribution in [2.45, 2.75) is 58.6 Å². The van der Waals surface area contributed by atoms with Crippen molar-refractivity contribution < 1.29 is 24.2 Å². The van der Waals surface area contributed by atoms with E-state index >= 15 is 0 Å². The van der Waals surface area contributed by atoms with E-state index < -0.39 is 28.4 Å². The molecule has 7 heteroatoms. The summed E-state index contributed by atoms with van der Waals surface area (Å²) in [5.74, 6) is -0.159. The Kier molecular flexibility index (Phi) is 5.32. The Morgan fingerprint density at radius 2 is 1.86 bits per heavy atom. The molecule has 0 radical (unpaired) electrons. The van der Waals surface area contributed by atoms with Gasteiger partial charge in [0.2, 0.25) is 0 Å². The largest absolute Gasteiger partial charge is 0.497 e. The number of carboxylic acid groups (broad SMARTS) is 1. The zero-order valence-electron chi connectivity index (χ0n) is 17.9. The molecule has 3 rings (SSSR count). The smallest absolute Gasteiger partial charge is 0.410 e. The van der Waals surface area contributed by atoms with Crippen LogP contribution in [0, 0.1) is 10.8 Å². The number of carbonyl (C=O) groups excluding carboxylic acids is 1. The van der Waals surface area contributed by atoms with Crippen LogP contribution in [0.4, 0.5) is 4.79 Å². The average molecular weight is 405 g/mol. The lowest BCUT2D eigenvalue weighted by Gasteiger charge is -2.56. The van der Waals surface area contributed by atoms with Gasteiger partial charge in [-0.15, -0.1) is 0 Å². The minimum atomic E-state index is -1.13. The molecule has 7 nitrogen and oxygen atoms in total. The molecule has 2 atom stereocenters. The van der Waals surface area contributed by atoms with Crippen molar-refractivity contribution in [3.63, 3.8) is 0 Å². The number of carbonyl (C=O) groups is 2. The van der Waals surface area contributed by atoms with E-state index in [9.17, 15) is 14.7 Å². The lowest BCUT2D eigenvalue weighted by molar-refractivity contribution is -0.164. The standard InChI is InChI=1S/C22H32N2O5/c1-20(2,3)29-19(27)24-10-8-22(9-11-24)13-14-12-15(28-5)6-7-16(14)17(23)21(22,4)18(25)26/h6-7,12,17H,8-11,13,23H2,1-5H3,(H,25,26). The van der Waals surface area contributed by atoms with Crippen molar-refractivity contribution >= 4 is 12.1 Å². The van der Waals surface area contributed by atoms with Crippen molar-refractivity contribution in [1.82, 2.24) is 4.90 Å². The predicted molar refractivity (Wildman–Crippen MR) is 109 cm³/mol. The van der Waals surface area contributed by atoms with E-state index in [1.807, 2.05) is 39.0 Å². The lowest BCUT2D eigenvalue weighted by atomic mass is 9.50. The second-order valence-corrected chi connectivity index (χ2v) is 9.47. The summed E-state index contributed by atoms with van der Waals surface area (Å²) in [7, 11) is 1.61. The van der Waals surface area contributed by atoms with E-state index in [1.165, 1.54) is 0 Å². The number of methoxy groups -OCH3 is 1. The van der Waals surface area contributed by atoms with Crippen molar-refractivity contribution in [3.8, 4) is 5.75 Å². The second kappa shape index (κ2) is 7.20. The van der Waals surface area contributed by atoms with Gasteiger partial charge in [0.25, 0.3) is 0 Å². The molecule has 1 amide bonds. The summed E-state index contributed by atoms with van der Waals surface area (Å²) in [6.45, 7) is 8.16. The third kappa shape index (κ3) is 3.56. The minimum absolute atomic E-state index is 0.355. The minimum Gasteiger partial charge on any atom is -0.497 e. The van der Waals surface area contributed by atoms with Crippen molar-refractivity contribution in [2.75, 3.05) is 20.2 Å². The molecule has 1 aliphatic carbocycles. The fourth-order valence-corrected chi connectivity index (χ4v) is 4.85. The maximum Gasteiger partial charge on any atom is 0.410 e. The zero-order chi connectivity index (χ0) is 21.6. The molecule has 1 aromatic carbocycles. The van der Waals surface area contributed by atoms with Gasteiger partial charge in [-0.2, -0.15) is 0 Å². The number of likely N-dealkylation sites (tertiary alicyclic amines) is 1. The SMILES string of the molecule is COc1ccc2c(c1)CC1(CCN(C(=O)OC(C)(C)C)CC1)C(C)(C(=O)O)C2N. The molecule has 2 aliphatic rings. The first-order valence-electron chi connectivity index (χ1n) is 10.1. The number of hydrogen-bond acceptors (Lipinski definition) is 5. The van der Waals surface area contributed by atoms with Crippen LogP contribution < -0.4 is 10.5 Å². The van der Waals surface area contributed by atoms with Gasteiger partial charge in [0.15, 0.2) is 0 Å². The van der Waals surface area contributed by atoms with E-state index in [0.717, 1.165) is 16.9 Å². The number of piperidine rings is 1. The molecule has 0 aromatic heterocycles. The van der Waals surface area contributed by atoms with Gasteiger partial charge in [-0.25, -0.2) is 4.79 Å². The van der Waals surface area contributed by atoms with Crippen LogP contribution in [-0.2, 0) is 16.0 Å². The first kappa shape index (κ1) is 21.4. The fourth-order valence-electron chi connectivity index (χ4n) is 4.85. The third-order valence-electron chi connectivity index (χ3n) is 6.75. The quantitative estimate of drug-likeness (QED) is 0.784. The molecule has 0 saturated carbocycles. The molecule has 2 unspecified atom stereocenters. The summed E-state index contributed by atoms with van der Waals surface area (Å²) in [4.78, 5) is 26.6. The monoisotopic (exact) mass is 404 g/mol. The van der Waals surface area contributed by atoms with Crippen LogP contribution in [0.15, 0.2) is 18.2 Å². The molecule has 1 aromatic rings. The Hall–Kier alpha value is -2.28. The topological polar surface area (TPSA) is 102 Å². The number of benzene rings is 1. The van der Waals surface area contributed by atoms with Gasteiger partial charge < -0.3 is 25.2 Å². The zero-order valence-corrected chi connectivity index (χ0v) is 17.9. The molecule has 1 saturated heterocycles. The van der Waals surface area contributed by atoms with Crippen molar-refractivity contribution in [2.24, 2.45) is 16.6 Å². The molecule has 0 bridgehead atoms. The Bertz CT molecular complexity index is 808. The van der Waals surface area contributed by atoms with Gasteiger partial charge in [-0.3, -0.25) is 4.79 Å². The Balaban J connectivity index is 1.93. The highest BCUT2D eigenvalue weighted by Crippen LogP contribution is 2.59. The van der Waals surface area contributed by atoms with Gasteiger partial charge in [-0.1, -0.05) is 6.07 Å². The van der Waals surface area contributed by atoms with E-state index in [1.54, 1.807) is 18.9 Å².